The predicted molar refractivity (Wildman–Crippen MR) is 84.2 cm³/mol. The largest absolute Gasteiger partial charge is 0.411 e. The highest BCUT2D eigenvalue weighted by Gasteiger charge is 2.17. The Morgan fingerprint density at radius 2 is 1.27 bits per heavy atom. The van der Waals surface area contributed by atoms with Crippen LogP contribution in [-0.2, 0) is 10.2 Å². The minimum Gasteiger partial charge on any atom is -0.410 e. The van der Waals surface area contributed by atoms with Crippen LogP contribution >= 0.6 is 0 Å². The fourth-order valence-corrected chi connectivity index (χ4v) is 1.84. The second-order valence-electron chi connectivity index (χ2n) is 4.45. The Hall–Kier alpha value is -2.38. The van der Waals surface area contributed by atoms with E-state index in [-0.39, 0.29) is 6.08 Å². The molecule has 0 spiro atoms. The van der Waals surface area contributed by atoms with Crippen molar-refractivity contribution in [3.05, 3.63) is 60.7 Å². The molecule has 0 heterocycles. The third kappa shape index (κ3) is 4.57. The van der Waals surface area contributed by atoms with Gasteiger partial charge in [0.05, 0.1) is 0 Å². The van der Waals surface area contributed by atoms with Gasteiger partial charge in [-0.25, -0.2) is 0 Å². The molecule has 116 valence electrons. The summed E-state index contributed by atoms with van der Waals surface area (Å²) in [6.45, 7) is 0. The number of benzene rings is 2. The average molecular weight is 320 g/mol. The monoisotopic (exact) mass is 320 g/mol. The summed E-state index contributed by atoms with van der Waals surface area (Å²) < 4.78 is 39.2. The average Bonchev–Trinajstić information content (AvgIpc) is 2.48. The number of ether oxygens (including phenoxy) is 2. The Bertz CT molecular complexity index is 685. The molecule has 0 unspecified atom stereocenters. The molecule has 0 fully saturated rings. The molecule has 0 atom stereocenters. The number of hydrogen-bond acceptors (Lipinski definition) is 4. The smallest absolute Gasteiger partial charge is 0.410 e. The van der Waals surface area contributed by atoms with Crippen molar-refractivity contribution in [3.8, 4) is 11.5 Å². The van der Waals surface area contributed by atoms with Crippen LogP contribution in [0.5, 0.6) is 11.5 Å². The van der Waals surface area contributed by atoms with Crippen LogP contribution in [-0.4, -0.2) is 32.9 Å². The fourth-order valence-electron chi connectivity index (χ4n) is 1.41. The van der Waals surface area contributed by atoms with Gasteiger partial charge in [0, 0.05) is 14.1 Å². The van der Waals surface area contributed by atoms with Gasteiger partial charge < -0.3 is 9.47 Å². The van der Waals surface area contributed by atoms with E-state index in [4.69, 9.17) is 9.47 Å². The summed E-state index contributed by atoms with van der Waals surface area (Å²) in [4.78, 5) is 0. The van der Waals surface area contributed by atoms with Crippen LogP contribution in [0.3, 0.4) is 0 Å². The summed E-state index contributed by atoms with van der Waals surface area (Å²) >= 11 is 0. The SMILES string of the molecule is CN(C)S(=O)(=O)N=C(Oc1ccccc1)Oc1ccccc1. The highest BCUT2D eigenvalue weighted by atomic mass is 32.2. The molecule has 0 radical (unpaired) electrons. The Morgan fingerprint density at radius 3 is 1.64 bits per heavy atom. The lowest BCUT2D eigenvalue weighted by molar-refractivity contribution is 0.385. The van der Waals surface area contributed by atoms with Crippen molar-refractivity contribution in [1.29, 1.82) is 0 Å². The Morgan fingerprint density at radius 1 is 0.864 bits per heavy atom. The number of rotatable bonds is 4. The molecule has 0 aliphatic rings. The standard InChI is InChI=1S/C15H16N2O4S/c1-17(2)22(18,19)16-15(20-13-9-5-3-6-10-13)21-14-11-7-4-8-12-14/h3-12H,1-2H3. The van der Waals surface area contributed by atoms with Crippen molar-refractivity contribution in [3.63, 3.8) is 0 Å². The van der Waals surface area contributed by atoms with E-state index in [0.29, 0.717) is 11.5 Å². The van der Waals surface area contributed by atoms with Gasteiger partial charge in [-0.05, 0) is 24.3 Å². The number of nitrogens with zero attached hydrogens (tertiary/aromatic N) is 2. The molecule has 0 aliphatic heterocycles. The summed E-state index contributed by atoms with van der Waals surface area (Å²) in [7, 11) is -1.11. The second kappa shape index (κ2) is 7.06. The van der Waals surface area contributed by atoms with E-state index in [2.05, 4.69) is 4.40 Å². The van der Waals surface area contributed by atoms with Crippen LogP contribution in [0.1, 0.15) is 0 Å². The van der Waals surface area contributed by atoms with Crippen molar-refractivity contribution >= 4 is 16.3 Å². The molecule has 0 saturated carbocycles. The molecule has 7 heteroatoms. The molecule has 2 rings (SSSR count). The van der Waals surface area contributed by atoms with Gasteiger partial charge in [-0.15, -0.1) is 0 Å². The molecule has 0 N–H and O–H groups in total. The molecule has 0 bridgehead atoms. The minimum absolute atomic E-state index is 0.369. The summed E-state index contributed by atoms with van der Waals surface area (Å²) in [6.07, 6.45) is -0.369. The molecule has 2 aromatic carbocycles. The van der Waals surface area contributed by atoms with E-state index in [1.807, 2.05) is 12.1 Å². The van der Waals surface area contributed by atoms with Gasteiger partial charge in [-0.2, -0.15) is 12.7 Å². The normalized spacial score (nSPS) is 11.0. The van der Waals surface area contributed by atoms with Crippen LogP contribution in [0, 0.1) is 0 Å². The lowest BCUT2D eigenvalue weighted by Crippen LogP contribution is -2.25. The van der Waals surface area contributed by atoms with Crippen molar-refractivity contribution < 1.29 is 17.9 Å². The zero-order valence-corrected chi connectivity index (χ0v) is 13.0. The van der Waals surface area contributed by atoms with E-state index in [1.165, 1.54) is 14.1 Å². The van der Waals surface area contributed by atoms with Gasteiger partial charge in [0.1, 0.15) is 11.5 Å². The molecule has 0 aromatic heterocycles. The van der Waals surface area contributed by atoms with Gasteiger partial charge >= 0.3 is 16.3 Å². The first-order chi connectivity index (χ1) is 10.5. The summed E-state index contributed by atoms with van der Waals surface area (Å²) in [5.74, 6) is 0.845. The first-order valence-electron chi connectivity index (χ1n) is 6.45. The number of hydrogen-bond donors (Lipinski definition) is 0. The molecular formula is C15H16N2O4S. The van der Waals surface area contributed by atoms with E-state index in [9.17, 15) is 8.42 Å². The van der Waals surface area contributed by atoms with Crippen LogP contribution in [0.15, 0.2) is 65.1 Å². The first-order valence-corrected chi connectivity index (χ1v) is 7.85. The van der Waals surface area contributed by atoms with Gasteiger partial charge in [-0.1, -0.05) is 40.8 Å². The maximum atomic E-state index is 11.9. The van der Waals surface area contributed by atoms with Gasteiger partial charge in [0.15, 0.2) is 0 Å². The molecule has 0 aliphatic carbocycles. The third-order valence-corrected chi connectivity index (χ3v) is 3.85. The van der Waals surface area contributed by atoms with Crippen LogP contribution in [0.4, 0.5) is 0 Å². The lowest BCUT2D eigenvalue weighted by Gasteiger charge is -2.11. The van der Waals surface area contributed by atoms with Crippen LogP contribution in [0.2, 0.25) is 0 Å². The minimum atomic E-state index is -3.87. The Balaban J connectivity index is 2.30. The van der Waals surface area contributed by atoms with E-state index in [1.54, 1.807) is 48.5 Å². The zero-order chi connectivity index (χ0) is 16.0. The summed E-state index contributed by atoms with van der Waals surface area (Å²) in [5, 5.41) is 0. The molecule has 22 heavy (non-hydrogen) atoms. The highest BCUT2D eigenvalue weighted by Crippen LogP contribution is 2.14. The van der Waals surface area contributed by atoms with Gasteiger partial charge in [0.25, 0.3) is 0 Å². The fraction of sp³-hybridized carbons (Fsp3) is 0.133. The molecule has 2 aromatic rings. The van der Waals surface area contributed by atoms with Crippen molar-refractivity contribution in [2.75, 3.05) is 14.1 Å². The maximum Gasteiger partial charge on any atom is 0.411 e. The lowest BCUT2D eigenvalue weighted by atomic mass is 10.3. The summed E-state index contributed by atoms with van der Waals surface area (Å²) in [6, 6.07) is 17.4. The Kier molecular flexibility index (Phi) is 5.13. The van der Waals surface area contributed by atoms with Crippen molar-refractivity contribution in [2.24, 2.45) is 4.40 Å². The summed E-state index contributed by atoms with van der Waals surface area (Å²) in [5.41, 5.74) is 0. The second-order valence-corrected chi connectivity index (χ2v) is 6.26. The topological polar surface area (TPSA) is 68.2 Å². The highest BCUT2D eigenvalue weighted by molar-refractivity contribution is 7.87. The zero-order valence-electron chi connectivity index (χ0n) is 12.2. The third-order valence-electron chi connectivity index (χ3n) is 2.55. The molecule has 6 nitrogen and oxygen atoms in total. The van der Waals surface area contributed by atoms with Crippen molar-refractivity contribution in [1.82, 2.24) is 4.31 Å². The maximum absolute atomic E-state index is 11.9. The van der Waals surface area contributed by atoms with E-state index < -0.39 is 10.2 Å². The first kappa shape index (κ1) is 16.0. The van der Waals surface area contributed by atoms with Crippen LogP contribution in [0.25, 0.3) is 0 Å². The van der Waals surface area contributed by atoms with E-state index >= 15 is 0 Å². The van der Waals surface area contributed by atoms with Crippen molar-refractivity contribution in [2.45, 2.75) is 0 Å². The van der Waals surface area contributed by atoms with Gasteiger partial charge in [0.2, 0.25) is 0 Å². The Labute approximate surface area is 129 Å². The van der Waals surface area contributed by atoms with Crippen LogP contribution < -0.4 is 9.47 Å². The quantitative estimate of drug-likeness (QED) is 0.640. The number of para-hydroxylation sites is 2. The molecular weight excluding hydrogens is 304 g/mol. The van der Waals surface area contributed by atoms with Gasteiger partial charge in [-0.3, -0.25) is 0 Å². The van der Waals surface area contributed by atoms with E-state index in [0.717, 1.165) is 4.31 Å². The molecule has 0 amide bonds. The predicted octanol–water partition coefficient (Wildman–Crippen LogP) is 2.31. The molecule has 0 saturated heterocycles.